The van der Waals surface area contributed by atoms with Crippen LogP contribution < -0.4 is 14.8 Å². The number of halogens is 3. The lowest BCUT2D eigenvalue weighted by Gasteiger charge is -2.16. The number of rotatable bonds is 6. The minimum absolute atomic E-state index is 0.0653. The number of carbonyl (C=O) groups is 1. The van der Waals surface area contributed by atoms with E-state index in [2.05, 4.69) is 10.0 Å². The van der Waals surface area contributed by atoms with Gasteiger partial charge in [0.05, 0.1) is 23.6 Å². The maximum Gasteiger partial charge on any atom is 0.416 e. The first-order chi connectivity index (χ1) is 12.9. The van der Waals surface area contributed by atoms with Crippen LogP contribution in [0.3, 0.4) is 0 Å². The fraction of sp³-hybridized carbons (Fsp3) is 0.278. The molecule has 1 amide bonds. The molecule has 1 atom stereocenters. The van der Waals surface area contributed by atoms with E-state index in [0.29, 0.717) is 11.3 Å². The first-order valence-corrected chi connectivity index (χ1v) is 9.57. The van der Waals surface area contributed by atoms with E-state index in [1.807, 2.05) is 0 Å². The number of aryl methyl sites for hydroxylation is 1. The van der Waals surface area contributed by atoms with Crippen molar-refractivity contribution in [3.8, 4) is 5.75 Å². The van der Waals surface area contributed by atoms with E-state index in [1.165, 1.54) is 38.3 Å². The molecule has 2 N–H and O–H groups in total. The molecule has 0 bridgehead atoms. The first kappa shape index (κ1) is 21.7. The minimum atomic E-state index is -4.56. The molecule has 0 aliphatic carbocycles. The molecule has 28 heavy (non-hydrogen) atoms. The highest BCUT2D eigenvalue weighted by Crippen LogP contribution is 2.30. The topological polar surface area (TPSA) is 84.5 Å². The van der Waals surface area contributed by atoms with Crippen molar-refractivity contribution in [3.05, 3.63) is 53.6 Å². The Labute approximate surface area is 160 Å². The van der Waals surface area contributed by atoms with E-state index in [9.17, 15) is 26.4 Å². The summed E-state index contributed by atoms with van der Waals surface area (Å²) in [5, 5.41) is 2.27. The van der Waals surface area contributed by atoms with Crippen molar-refractivity contribution in [2.75, 3.05) is 12.4 Å². The Morgan fingerprint density at radius 2 is 1.82 bits per heavy atom. The SMILES string of the molecule is COc1ccc(S(=O)(=O)N[C@@H](C)C(=O)Nc2cccc(C(F)(F)F)c2)cc1C. The third-order valence-electron chi connectivity index (χ3n) is 3.86. The van der Waals surface area contributed by atoms with Crippen molar-refractivity contribution >= 4 is 21.6 Å². The van der Waals surface area contributed by atoms with Crippen LogP contribution in [0.15, 0.2) is 47.4 Å². The van der Waals surface area contributed by atoms with Gasteiger partial charge in [-0.1, -0.05) is 6.07 Å². The fourth-order valence-corrected chi connectivity index (χ4v) is 3.68. The summed E-state index contributed by atoms with van der Waals surface area (Å²) in [4.78, 5) is 12.1. The molecule has 0 spiro atoms. The van der Waals surface area contributed by atoms with Crippen LogP contribution in [-0.2, 0) is 21.0 Å². The Morgan fingerprint density at radius 3 is 2.39 bits per heavy atom. The largest absolute Gasteiger partial charge is 0.496 e. The van der Waals surface area contributed by atoms with Crippen molar-refractivity contribution in [2.24, 2.45) is 0 Å². The number of anilines is 1. The number of methoxy groups -OCH3 is 1. The highest BCUT2D eigenvalue weighted by atomic mass is 32.2. The quantitative estimate of drug-likeness (QED) is 0.757. The van der Waals surface area contributed by atoms with Gasteiger partial charge in [0.15, 0.2) is 0 Å². The van der Waals surface area contributed by atoms with E-state index in [-0.39, 0.29) is 10.6 Å². The molecule has 152 valence electrons. The Hall–Kier alpha value is -2.59. The highest BCUT2D eigenvalue weighted by Gasteiger charge is 2.30. The molecule has 0 saturated carbocycles. The molecule has 10 heteroatoms. The van der Waals surface area contributed by atoms with Crippen LogP contribution in [0.2, 0.25) is 0 Å². The summed E-state index contributed by atoms with van der Waals surface area (Å²) in [6.07, 6.45) is -4.56. The van der Waals surface area contributed by atoms with E-state index >= 15 is 0 Å². The standard InChI is InChI=1S/C18H19F3N2O4S/c1-11-9-15(7-8-16(11)27-3)28(25,26)23-12(2)17(24)22-14-6-4-5-13(10-14)18(19,20)21/h4-10,12,23H,1-3H3,(H,22,24)/t12-/m0/s1. The predicted octanol–water partition coefficient (Wildman–Crippen LogP) is 3.33. The van der Waals surface area contributed by atoms with Gasteiger partial charge in [-0.15, -0.1) is 0 Å². The van der Waals surface area contributed by atoms with Gasteiger partial charge >= 0.3 is 6.18 Å². The molecule has 2 rings (SSSR count). The lowest BCUT2D eigenvalue weighted by molar-refractivity contribution is -0.137. The number of alkyl halides is 3. The van der Waals surface area contributed by atoms with Gasteiger partial charge in [0.2, 0.25) is 15.9 Å². The molecule has 0 unspecified atom stereocenters. The predicted molar refractivity (Wildman–Crippen MR) is 97.6 cm³/mol. The lowest BCUT2D eigenvalue weighted by atomic mass is 10.2. The Morgan fingerprint density at radius 1 is 1.14 bits per heavy atom. The van der Waals surface area contributed by atoms with Crippen molar-refractivity contribution in [1.29, 1.82) is 0 Å². The van der Waals surface area contributed by atoms with Gasteiger partial charge in [0.25, 0.3) is 0 Å². The summed E-state index contributed by atoms with van der Waals surface area (Å²) in [5.41, 5.74) is -0.426. The van der Waals surface area contributed by atoms with E-state index in [4.69, 9.17) is 4.74 Å². The van der Waals surface area contributed by atoms with Gasteiger partial charge in [0.1, 0.15) is 5.75 Å². The summed E-state index contributed by atoms with van der Waals surface area (Å²) in [6, 6.07) is 7.04. The number of hydrogen-bond donors (Lipinski definition) is 2. The third-order valence-corrected chi connectivity index (χ3v) is 5.40. The monoisotopic (exact) mass is 416 g/mol. The zero-order valence-electron chi connectivity index (χ0n) is 15.3. The molecule has 0 aromatic heterocycles. The van der Waals surface area contributed by atoms with Crippen LogP contribution in [0, 0.1) is 6.92 Å². The number of nitrogens with one attached hydrogen (secondary N) is 2. The summed E-state index contributed by atoms with van der Waals surface area (Å²) in [7, 11) is -2.57. The molecule has 0 fully saturated rings. The summed E-state index contributed by atoms with van der Waals surface area (Å²) >= 11 is 0. The molecule has 0 saturated heterocycles. The lowest BCUT2D eigenvalue weighted by Crippen LogP contribution is -2.41. The maximum atomic E-state index is 12.7. The van der Waals surface area contributed by atoms with Crippen LogP contribution in [0.1, 0.15) is 18.1 Å². The number of ether oxygens (including phenoxy) is 1. The summed E-state index contributed by atoms with van der Waals surface area (Å²) in [6.45, 7) is 2.96. The summed E-state index contributed by atoms with van der Waals surface area (Å²) in [5.74, 6) is -0.289. The Balaban J connectivity index is 2.12. The van der Waals surface area contributed by atoms with Crippen LogP contribution in [0.5, 0.6) is 5.75 Å². The smallest absolute Gasteiger partial charge is 0.416 e. The van der Waals surface area contributed by atoms with Gasteiger partial charge in [-0.05, 0) is 55.8 Å². The van der Waals surface area contributed by atoms with Crippen molar-refractivity contribution < 1.29 is 31.1 Å². The zero-order valence-corrected chi connectivity index (χ0v) is 16.1. The third kappa shape index (κ3) is 5.23. The van der Waals surface area contributed by atoms with Gasteiger partial charge in [-0.3, -0.25) is 4.79 Å². The Kier molecular flexibility index (Phi) is 6.35. The van der Waals surface area contributed by atoms with Crippen molar-refractivity contribution in [3.63, 3.8) is 0 Å². The van der Waals surface area contributed by atoms with E-state index in [0.717, 1.165) is 18.2 Å². The normalized spacial score (nSPS) is 13.1. The molecule has 0 aliphatic rings. The molecule has 2 aromatic rings. The number of sulfonamides is 1. The van der Waals surface area contributed by atoms with Gasteiger partial charge in [0, 0.05) is 5.69 Å². The van der Waals surface area contributed by atoms with Crippen molar-refractivity contribution in [2.45, 2.75) is 31.0 Å². The fourth-order valence-electron chi connectivity index (χ4n) is 2.40. The second-order valence-corrected chi connectivity index (χ2v) is 7.76. The average Bonchev–Trinajstić information content (AvgIpc) is 2.60. The molecule has 2 aromatic carbocycles. The zero-order chi connectivity index (χ0) is 21.1. The maximum absolute atomic E-state index is 12.7. The number of amides is 1. The van der Waals surface area contributed by atoms with Crippen LogP contribution in [0.4, 0.5) is 18.9 Å². The van der Waals surface area contributed by atoms with Gasteiger partial charge in [-0.25, -0.2) is 8.42 Å². The number of benzene rings is 2. The van der Waals surface area contributed by atoms with Gasteiger partial charge < -0.3 is 10.1 Å². The minimum Gasteiger partial charge on any atom is -0.496 e. The first-order valence-electron chi connectivity index (χ1n) is 8.09. The average molecular weight is 416 g/mol. The van der Waals surface area contributed by atoms with Gasteiger partial charge in [-0.2, -0.15) is 17.9 Å². The molecular weight excluding hydrogens is 397 g/mol. The van der Waals surface area contributed by atoms with Crippen LogP contribution in [-0.4, -0.2) is 27.5 Å². The molecule has 0 heterocycles. The van der Waals surface area contributed by atoms with E-state index in [1.54, 1.807) is 6.92 Å². The molecule has 0 aliphatic heterocycles. The molecule has 0 radical (unpaired) electrons. The van der Waals surface area contributed by atoms with Crippen molar-refractivity contribution in [1.82, 2.24) is 4.72 Å². The number of carbonyl (C=O) groups excluding carboxylic acids is 1. The second kappa shape index (κ2) is 8.19. The van der Waals surface area contributed by atoms with Crippen LogP contribution in [0.25, 0.3) is 0 Å². The highest BCUT2D eigenvalue weighted by molar-refractivity contribution is 7.89. The Bertz CT molecular complexity index is 975. The van der Waals surface area contributed by atoms with Crippen LogP contribution >= 0.6 is 0 Å². The second-order valence-electron chi connectivity index (χ2n) is 6.04. The molecule has 6 nitrogen and oxygen atoms in total. The summed E-state index contributed by atoms with van der Waals surface area (Å²) < 4.78 is 70.4. The molecular formula is C18H19F3N2O4S. The number of hydrogen-bond acceptors (Lipinski definition) is 4. The van der Waals surface area contributed by atoms with E-state index < -0.39 is 33.7 Å².